The van der Waals surface area contributed by atoms with Crippen LogP contribution in [0.5, 0.6) is 0 Å². The zero-order valence-electron chi connectivity index (χ0n) is 12.5. The van der Waals surface area contributed by atoms with E-state index in [9.17, 15) is 13.6 Å². The first-order valence-electron chi connectivity index (χ1n) is 7.26. The van der Waals surface area contributed by atoms with E-state index in [0.717, 1.165) is 5.56 Å². The maximum absolute atomic E-state index is 12.6. The smallest absolute Gasteiger partial charge is 0.288 e. The Kier molecular flexibility index (Phi) is 5.10. The number of carbonyl (C=O) groups is 1. The minimum Gasteiger partial charge on any atom is -0.382 e. The molecule has 0 aliphatic carbocycles. The zero-order chi connectivity index (χ0) is 16.9. The van der Waals surface area contributed by atoms with Crippen molar-refractivity contribution < 1.29 is 18.4 Å². The first-order valence-corrected chi connectivity index (χ1v) is 8.14. The topological polar surface area (TPSA) is 50.7 Å². The molecule has 0 aromatic heterocycles. The van der Waals surface area contributed by atoms with Gasteiger partial charge in [-0.1, -0.05) is 59.4 Å². The second-order valence-corrected chi connectivity index (χ2v) is 6.10. The van der Waals surface area contributed by atoms with Crippen LogP contribution in [0.2, 0.25) is 0 Å². The molecule has 124 valence electrons. The van der Waals surface area contributed by atoms with Gasteiger partial charge in [0.15, 0.2) is 0 Å². The van der Waals surface area contributed by atoms with E-state index in [1.54, 1.807) is 18.2 Å². The highest BCUT2D eigenvalue weighted by molar-refractivity contribution is 7.99. The number of halogens is 2. The molecule has 0 saturated carbocycles. The van der Waals surface area contributed by atoms with E-state index < -0.39 is 17.8 Å². The Labute approximate surface area is 141 Å². The Morgan fingerprint density at radius 2 is 1.88 bits per heavy atom. The van der Waals surface area contributed by atoms with Crippen LogP contribution in [0, 0.1) is 0 Å². The third-order valence-corrected chi connectivity index (χ3v) is 4.22. The van der Waals surface area contributed by atoms with Crippen molar-refractivity contribution in [1.82, 2.24) is 0 Å². The molecule has 0 fully saturated rings. The minimum atomic E-state index is -2.56. The first-order chi connectivity index (χ1) is 11.6. The molecule has 7 heteroatoms. The molecule has 24 heavy (non-hydrogen) atoms. The predicted octanol–water partition coefficient (Wildman–Crippen LogP) is 4.13. The van der Waals surface area contributed by atoms with Crippen molar-refractivity contribution in [2.45, 2.75) is 23.2 Å². The van der Waals surface area contributed by atoms with Crippen LogP contribution in [0.1, 0.15) is 12.0 Å². The molecular weight excluding hydrogens is 334 g/mol. The molecule has 1 N–H and O–H groups in total. The van der Waals surface area contributed by atoms with E-state index in [1.807, 2.05) is 30.3 Å². The van der Waals surface area contributed by atoms with Gasteiger partial charge < -0.3 is 10.2 Å². The van der Waals surface area contributed by atoms with Gasteiger partial charge in [0.25, 0.3) is 11.7 Å². The maximum atomic E-state index is 12.6. The Morgan fingerprint density at radius 3 is 2.62 bits per heavy atom. The number of alkyl halides is 2. The van der Waals surface area contributed by atoms with Crippen LogP contribution >= 0.6 is 11.8 Å². The highest BCUT2D eigenvalue weighted by atomic mass is 32.2. The van der Waals surface area contributed by atoms with Gasteiger partial charge in [-0.2, -0.15) is 8.78 Å². The van der Waals surface area contributed by atoms with Crippen LogP contribution in [0.15, 0.2) is 64.6 Å². The van der Waals surface area contributed by atoms with Crippen molar-refractivity contribution in [2.75, 3.05) is 5.32 Å². The Morgan fingerprint density at radius 1 is 1.17 bits per heavy atom. The number of nitrogens with zero attached hydrogens (tertiary/aromatic N) is 1. The van der Waals surface area contributed by atoms with Crippen molar-refractivity contribution in [3.05, 3.63) is 60.2 Å². The largest absolute Gasteiger partial charge is 0.382 e. The average Bonchev–Trinajstić information content (AvgIpc) is 3.07. The Bertz CT molecular complexity index is 753. The summed E-state index contributed by atoms with van der Waals surface area (Å²) in [5, 5.41) is 6.59. The van der Waals surface area contributed by atoms with Gasteiger partial charge in [0.2, 0.25) is 6.10 Å². The molecule has 1 amide bonds. The summed E-state index contributed by atoms with van der Waals surface area (Å²) in [6, 6.07) is 15.8. The van der Waals surface area contributed by atoms with Crippen LogP contribution in [0.3, 0.4) is 0 Å². The molecule has 2 aromatic rings. The highest BCUT2D eigenvalue weighted by Gasteiger charge is 2.29. The van der Waals surface area contributed by atoms with Crippen LogP contribution in [-0.4, -0.2) is 23.5 Å². The third kappa shape index (κ3) is 3.91. The van der Waals surface area contributed by atoms with E-state index >= 15 is 0 Å². The molecule has 1 atom stereocenters. The minimum absolute atomic E-state index is 0.308. The Hall–Kier alpha value is -2.41. The maximum Gasteiger partial charge on any atom is 0.288 e. The van der Waals surface area contributed by atoms with Gasteiger partial charge >= 0.3 is 0 Å². The van der Waals surface area contributed by atoms with Gasteiger partial charge in [-0.25, -0.2) is 0 Å². The number of rotatable bonds is 5. The first kappa shape index (κ1) is 16.4. The third-order valence-electron chi connectivity index (χ3n) is 3.43. The molecule has 2 aromatic carbocycles. The fraction of sp³-hybridized carbons (Fsp3) is 0.176. The fourth-order valence-electron chi connectivity index (χ4n) is 2.30. The number of benzene rings is 2. The van der Waals surface area contributed by atoms with E-state index in [0.29, 0.717) is 34.5 Å². The van der Waals surface area contributed by atoms with Crippen LogP contribution in [0.4, 0.5) is 14.5 Å². The summed E-state index contributed by atoms with van der Waals surface area (Å²) in [6.45, 7) is 0. The molecule has 0 radical (unpaired) electrons. The number of hydrogen-bond acceptors (Lipinski definition) is 4. The van der Waals surface area contributed by atoms with Crippen molar-refractivity contribution in [1.29, 1.82) is 0 Å². The second kappa shape index (κ2) is 7.44. The summed E-state index contributed by atoms with van der Waals surface area (Å²) in [6.07, 6.45) is -0.440. The summed E-state index contributed by atoms with van der Waals surface area (Å²) >= 11 is 0.389. The molecule has 0 bridgehead atoms. The molecule has 1 aliphatic heterocycles. The number of carbonyl (C=O) groups excluding carboxylic acids is 1. The van der Waals surface area contributed by atoms with Crippen molar-refractivity contribution in [2.24, 2.45) is 5.16 Å². The van der Waals surface area contributed by atoms with E-state index in [4.69, 9.17) is 4.84 Å². The summed E-state index contributed by atoms with van der Waals surface area (Å²) in [4.78, 5) is 17.8. The number of anilines is 1. The zero-order valence-corrected chi connectivity index (χ0v) is 13.3. The molecule has 0 unspecified atom stereocenters. The van der Waals surface area contributed by atoms with Gasteiger partial charge in [0.05, 0.1) is 11.4 Å². The molecule has 0 spiro atoms. The quantitative estimate of drug-likeness (QED) is 0.827. The number of amides is 1. The summed E-state index contributed by atoms with van der Waals surface area (Å²) in [5.41, 5.74) is 1.91. The standard InChI is InChI=1S/C17H14F2N2O2S/c18-17(19)24-15-9-5-4-8-12(15)20-16(22)14-10-13(21-23-14)11-6-2-1-3-7-11/h1-9,14,17H,10H2,(H,20,22)/t14-/m1/s1. The lowest BCUT2D eigenvalue weighted by molar-refractivity contribution is -0.125. The number of para-hydroxylation sites is 1. The van der Waals surface area contributed by atoms with Gasteiger partial charge in [0.1, 0.15) is 0 Å². The fourth-order valence-corrected chi connectivity index (χ4v) is 2.90. The lowest BCUT2D eigenvalue weighted by Crippen LogP contribution is -2.28. The van der Waals surface area contributed by atoms with E-state index in [2.05, 4.69) is 10.5 Å². The van der Waals surface area contributed by atoms with Crippen molar-refractivity contribution in [3.8, 4) is 0 Å². The lowest BCUT2D eigenvalue weighted by Gasteiger charge is -2.12. The van der Waals surface area contributed by atoms with Crippen molar-refractivity contribution >= 4 is 29.1 Å². The SMILES string of the molecule is O=C(Nc1ccccc1SC(F)F)[C@H]1CC(c2ccccc2)=NO1. The van der Waals surface area contributed by atoms with Gasteiger partial charge in [-0.15, -0.1) is 0 Å². The average molecular weight is 348 g/mol. The van der Waals surface area contributed by atoms with E-state index in [-0.39, 0.29) is 0 Å². The number of nitrogens with one attached hydrogen (secondary N) is 1. The molecule has 4 nitrogen and oxygen atoms in total. The van der Waals surface area contributed by atoms with E-state index in [1.165, 1.54) is 6.07 Å². The van der Waals surface area contributed by atoms with Gasteiger partial charge in [-0.3, -0.25) is 4.79 Å². The molecule has 3 rings (SSSR count). The van der Waals surface area contributed by atoms with Crippen LogP contribution in [-0.2, 0) is 9.63 Å². The van der Waals surface area contributed by atoms with Crippen LogP contribution in [0.25, 0.3) is 0 Å². The second-order valence-electron chi connectivity index (χ2n) is 5.07. The molecular formula is C17H14F2N2O2S. The van der Waals surface area contributed by atoms with Gasteiger partial charge in [0, 0.05) is 11.3 Å². The summed E-state index contributed by atoms with van der Waals surface area (Å²) < 4.78 is 25.2. The number of oxime groups is 1. The van der Waals surface area contributed by atoms with Crippen molar-refractivity contribution in [3.63, 3.8) is 0 Å². The lowest BCUT2D eigenvalue weighted by atomic mass is 10.0. The van der Waals surface area contributed by atoms with Crippen LogP contribution < -0.4 is 5.32 Å². The monoisotopic (exact) mass is 348 g/mol. The van der Waals surface area contributed by atoms with Gasteiger partial charge in [-0.05, 0) is 17.7 Å². The summed E-state index contributed by atoms with van der Waals surface area (Å²) in [5.74, 6) is -2.97. The predicted molar refractivity (Wildman–Crippen MR) is 89.4 cm³/mol. The molecule has 0 saturated heterocycles. The highest BCUT2D eigenvalue weighted by Crippen LogP contribution is 2.32. The summed E-state index contributed by atoms with van der Waals surface area (Å²) in [7, 11) is 0. The number of hydrogen-bond donors (Lipinski definition) is 1. The molecule has 1 heterocycles. The normalized spacial score (nSPS) is 16.6. The Balaban J connectivity index is 1.65. The number of thioether (sulfide) groups is 1. The molecule has 1 aliphatic rings.